The van der Waals surface area contributed by atoms with Crippen molar-refractivity contribution >= 4 is 35.8 Å². The predicted molar refractivity (Wildman–Crippen MR) is 127 cm³/mol. The Labute approximate surface area is 191 Å². The Hall–Kier alpha value is -1.55. The Morgan fingerprint density at radius 2 is 2.03 bits per heavy atom. The average Bonchev–Trinajstić information content (AvgIpc) is 3.20. The van der Waals surface area contributed by atoms with Crippen LogP contribution in [-0.2, 0) is 16.1 Å². The fraction of sp³-hybridized carbons (Fsp3) is 0.619. The van der Waals surface area contributed by atoms with Crippen molar-refractivity contribution in [3.63, 3.8) is 0 Å². The van der Waals surface area contributed by atoms with Crippen LogP contribution in [0.15, 0.2) is 23.2 Å². The Balaban J connectivity index is 0.00000420. The summed E-state index contributed by atoms with van der Waals surface area (Å²) in [5.41, 5.74) is 2.23. The molecule has 7 nitrogen and oxygen atoms in total. The molecule has 0 bridgehead atoms. The molecule has 0 aromatic heterocycles. The summed E-state index contributed by atoms with van der Waals surface area (Å²) in [5, 5.41) is 9.38. The molecule has 1 aromatic carbocycles. The number of hydrogen-bond acceptors (Lipinski definition) is 4. The van der Waals surface area contributed by atoms with E-state index in [-0.39, 0.29) is 41.9 Å². The summed E-state index contributed by atoms with van der Waals surface area (Å²) >= 11 is 0. The zero-order valence-electron chi connectivity index (χ0n) is 17.9. The number of guanidine groups is 1. The highest BCUT2D eigenvalue weighted by Gasteiger charge is 2.17. The van der Waals surface area contributed by atoms with Gasteiger partial charge in [-0.15, -0.1) is 24.0 Å². The van der Waals surface area contributed by atoms with Crippen molar-refractivity contribution in [1.29, 1.82) is 0 Å². The number of benzene rings is 1. The summed E-state index contributed by atoms with van der Waals surface area (Å²) in [4.78, 5) is 15.8. The molecular weight excluding hydrogens is 483 g/mol. The van der Waals surface area contributed by atoms with Crippen LogP contribution < -0.4 is 20.7 Å². The number of carbonyl (C=O) groups is 1. The van der Waals surface area contributed by atoms with E-state index in [2.05, 4.69) is 46.1 Å². The predicted octanol–water partition coefficient (Wildman–Crippen LogP) is 2.61. The first kappa shape index (κ1) is 25.5. The van der Waals surface area contributed by atoms with E-state index in [0.717, 1.165) is 36.3 Å². The van der Waals surface area contributed by atoms with Gasteiger partial charge in [0.1, 0.15) is 12.4 Å². The second-order valence-electron chi connectivity index (χ2n) is 7.36. The summed E-state index contributed by atoms with van der Waals surface area (Å²) in [7, 11) is 1.73. The molecule has 0 aliphatic carbocycles. The maximum Gasteiger partial charge on any atom is 0.222 e. The van der Waals surface area contributed by atoms with Crippen LogP contribution in [0.5, 0.6) is 5.75 Å². The van der Waals surface area contributed by atoms with E-state index in [1.807, 2.05) is 13.8 Å². The first-order valence-electron chi connectivity index (χ1n) is 10.1. The molecule has 2 rings (SSSR count). The van der Waals surface area contributed by atoms with E-state index in [1.54, 1.807) is 7.05 Å². The van der Waals surface area contributed by atoms with E-state index in [1.165, 1.54) is 0 Å². The molecule has 1 aliphatic heterocycles. The lowest BCUT2D eigenvalue weighted by Gasteiger charge is -2.17. The minimum absolute atomic E-state index is 0. The van der Waals surface area contributed by atoms with Gasteiger partial charge in [-0.05, 0) is 31.4 Å². The van der Waals surface area contributed by atoms with E-state index >= 15 is 0 Å². The van der Waals surface area contributed by atoms with E-state index in [0.29, 0.717) is 32.2 Å². The monoisotopic (exact) mass is 518 g/mol. The molecule has 1 unspecified atom stereocenters. The highest BCUT2D eigenvalue weighted by molar-refractivity contribution is 14.0. The number of halogens is 1. The fourth-order valence-electron chi connectivity index (χ4n) is 2.87. The maximum absolute atomic E-state index is 11.6. The third-order valence-corrected chi connectivity index (χ3v) is 4.58. The van der Waals surface area contributed by atoms with Gasteiger partial charge < -0.3 is 25.4 Å². The highest BCUT2D eigenvalue weighted by atomic mass is 127. The number of carbonyl (C=O) groups excluding carboxylic acids is 1. The van der Waals surface area contributed by atoms with Crippen LogP contribution in [0.4, 0.5) is 0 Å². The first-order chi connectivity index (χ1) is 13.5. The Bertz CT molecular complexity index is 661. The van der Waals surface area contributed by atoms with Gasteiger partial charge in [0, 0.05) is 44.8 Å². The second kappa shape index (κ2) is 13.6. The zero-order chi connectivity index (χ0) is 20.4. The van der Waals surface area contributed by atoms with Crippen LogP contribution in [0.25, 0.3) is 0 Å². The molecule has 8 heteroatoms. The third kappa shape index (κ3) is 9.20. The number of aliphatic imine (C=N–C) groups is 1. The van der Waals surface area contributed by atoms with Crippen LogP contribution in [0.2, 0.25) is 0 Å². The molecule has 1 saturated heterocycles. The maximum atomic E-state index is 11.6. The number of ether oxygens (including phenoxy) is 2. The van der Waals surface area contributed by atoms with Gasteiger partial charge in [-0.25, -0.2) is 0 Å². The van der Waals surface area contributed by atoms with Crippen molar-refractivity contribution in [2.24, 2.45) is 10.9 Å². The van der Waals surface area contributed by atoms with Crippen molar-refractivity contribution < 1.29 is 14.3 Å². The summed E-state index contributed by atoms with van der Waals surface area (Å²) in [6.07, 6.45) is 2.36. The summed E-state index contributed by atoms with van der Waals surface area (Å²) in [6.45, 7) is 8.98. The number of amides is 1. The quantitative estimate of drug-likeness (QED) is 0.203. The van der Waals surface area contributed by atoms with Gasteiger partial charge in [0.25, 0.3) is 0 Å². The van der Waals surface area contributed by atoms with Gasteiger partial charge in [-0.1, -0.05) is 26.0 Å². The van der Waals surface area contributed by atoms with E-state index in [4.69, 9.17) is 9.47 Å². The van der Waals surface area contributed by atoms with Crippen molar-refractivity contribution in [2.45, 2.75) is 46.3 Å². The topological polar surface area (TPSA) is 84.0 Å². The van der Waals surface area contributed by atoms with Crippen LogP contribution >= 0.6 is 24.0 Å². The van der Waals surface area contributed by atoms with Crippen molar-refractivity contribution in [2.75, 3.05) is 33.4 Å². The minimum Gasteiger partial charge on any atom is -0.491 e. The molecule has 0 saturated carbocycles. The highest BCUT2D eigenvalue weighted by Crippen LogP contribution is 2.22. The minimum atomic E-state index is -0.00738. The third-order valence-electron chi connectivity index (χ3n) is 4.58. The van der Waals surface area contributed by atoms with Crippen molar-refractivity contribution in [3.05, 3.63) is 29.3 Å². The molecule has 1 aliphatic rings. The smallest absolute Gasteiger partial charge is 0.222 e. The number of nitrogens with one attached hydrogen (secondary N) is 3. The van der Waals surface area contributed by atoms with Gasteiger partial charge in [0.15, 0.2) is 5.96 Å². The number of rotatable bonds is 9. The van der Waals surface area contributed by atoms with Gasteiger partial charge in [0.05, 0.1) is 6.10 Å². The molecule has 29 heavy (non-hydrogen) atoms. The largest absolute Gasteiger partial charge is 0.491 e. The lowest BCUT2D eigenvalue weighted by atomic mass is 10.1. The van der Waals surface area contributed by atoms with Crippen LogP contribution in [0, 0.1) is 12.8 Å². The molecule has 1 amide bonds. The molecular formula is C21H35IN4O3. The molecule has 1 aromatic rings. The van der Waals surface area contributed by atoms with Crippen LogP contribution in [0.3, 0.4) is 0 Å². The molecule has 0 spiro atoms. The van der Waals surface area contributed by atoms with E-state index < -0.39 is 0 Å². The normalized spacial score (nSPS) is 16.3. The van der Waals surface area contributed by atoms with Gasteiger partial charge in [0.2, 0.25) is 5.91 Å². The Morgan fingerprint density at radius 3 is 2.69 bits per heavy atom. The van der Waals surface area contributed by atoms with Gasteiger partial charge >= 0.3 is 0 Å². The summed E-state index contributed by atoms with van der Waals surface area (Å²) in [5.74, 6) is 1.61. The van der Waals surface area contributed by atoms with Crippen molar-refractivity contribution in [1.82, 2.24) is 16.0 Å². The molecule has 0 radical (unpaired) electrons. The Morgan fingerprint density at radius 1 is 1.28 bits per heavy atom. The van der Waals surface area contributed by atoms with Crippen LogP contribution in [0.1, 0.15) is 37.8 Å². The number of hydrogen-bond donors (Lipinski definition) is 3. The van der Waals surface area contributed by atoms with Gasteiger partial charge in [-0.2, -0.15) is 0 Å². The van der Waals surface area contributed by atoms with Gasteiger partial charge in [-0.3, -0.25) is 9.79 Å². The second-order valence-corrected chi connectivity index (χ2v) is 7.36. The zero-order valence-corrected chi connectivity index (χ0v) is 20.2. The molecule has 1 heterocycles. The number of aryl methyl sites for hydroxylation is 1. The average molecular weight is 518 g/mol. The lowest BCUT2D eigenvalue weighted by molar-refractivity contribution is -0.123. The molecule has 3 N–H and O–H groups in total. The molecule has 1 fully saturated rings. The summed E-state index contributed by atoms with van der Waals surface area (Å²) in [6, 6.07) is 6.21. The van der Waals surface area contributed by atoms with Crippen molar-refractivity contribution in [3.8, 4) is 5.75 Å². The summed E-state index contributed by atoms with van der Waals surface area (Å²) < 4.78 is 11.7. The molecule has 1 atom stereocenters. The number of nitrogens with zero attached hydrogens (tertiary/aromatic N) is 1. The van der Waals surface area contributed by atoms with E-state index in [9.17, 15) is 4.79 Å². The first-order valence-corrected chi connectivity index (χ1v) is 10.1. The van der Waals surface area contributed by atoms with Crippen LogP contribution in [-0.4, -0.2) is 51.3 Å². The SMILES string of the molecule is CN=C(NCCNC(=O)C(C)C)NCc1ccc(C)cc1OCC1CCCO1.I. The lowest BCUT2D eigenvalue weighted by Crippen LogP contribution is -2.41. The fourth-order valence-corrected chi connectivity index (χ4v) is 2.87. The molecule has 164 valence electrons. The standard InChI is InChI=1S/C21H34N4O3.HI/c1-15(2)20(26)23-9-10-24-21(22-4)25-13-17-8-7-16(3)12-19(17)28-14-18-6-5-11-27-18;/h7-8,12,15,18H,5-6,9-11,13-14H2,1-4H3,(H,23,26)(H2,22,24,25);1H. The Kier molecular flexibility index (Phi) is 12.0.